The van der Waals surface area contributed by atoms with Gasteiger partial charge >= 0.3 is 0 Å². The lowest BCUT2D eigenvalue weighted by atomic mass is 9.52. The van der Waals surface area contributed by atoms with Crippen LogP contribution in [0.5, 0.6) is 5.75 Å². The molecule has 0 radical (unpaired) electrons. The van der Waals surface area contributed by atoms with Gasteiger partial charge in [0, 0.05) is 31.3 Å². The van der Waals surface area contributed by atoms with Crippen LogP contribution in [0.1, 0.15) is 38.4 Å². The van der Waals surface area contributed by atoms with Crippen molar-refractivity contribution in [3.8, 4) is 5.75 Å². The first-order valence-electron chi connectivity index (χ1n) is 13.2. The zero-order valence-electron chi connectivity index (χ0n) is 22.8. The fourth-order valence-electron chi connectivity index (χ4n) is 6.82. The Bertz CT molecular complexity index is 1510. The second-order valence-corrected chi connectivity index (χ2v) is 11.3. The number of aliphatic hydroxyl groups is 1. The third kappa shape index (κ3) is 4.23. The van der Waals surface area contributed by atoms with Gasteiger partial charge in [-0.3, -0.25) is 33.7 Å². The summed E-state index contributed by atoms with van der Waals surface area (Å²) >= 11 is 0. The maximum absolute atomic E-state index is 13.9. The van der Waals surface area contributed by atoms with Crippen LogP contribution in [0, 0.1) is 23.7 Å². The number of fused-ring (bicyclic) bond motifs is 3. The van der Waals surface area contributed by atoms with E-state index >= 15 is 0 Å². The number of aryl methyl sites for hydroxylation is 1. The van der Waals surface area contributed by atoms with Gasteiger partial charge in [0.05, 0.1) is 36.1 Å². The minimum atomic E-state index is -2.80. The van der Waals surface area contributed by atoms with E-state index in [4.69, 9.17) is 5.73 Å². The molecule has 1 heterocycles. The van der Waals surface area contributed by atoms with Gasteiger partial charge in [0.25, 0.3) is 0 Å². The Morgan fingerprint density at radius 1 is 1.20 bits per heavy atom. The summed E-state index contributed by atoms with van der Waals surface area (Å²) in [6.07, 6.45) is 3.22. The Morgan fingerprint density at radius 2 is 1.90 bits per heavy atom. The van der Waals surface area contributed by atoms with Gasteiger partial charge in [-0.25, -0.2) is 4.98 Å². The zero-order valence-corrected chi connectivity index (χ0v) is 22.8. The van der Waals surface area contributed by atoms with E-state index in [0.29, 0.717) is 6.54 Å². The molecular formula is C28H31N5O8. The summed E-state index contributed by atoms with van der Waals surface area (Å²) in [5.74, 6) is -11.7. The number of rotatable bonds is 7. The number of carbonyl (C=O) groups is 6. The SMILES string of the molecule is CN(C)[C@@H]1C(=O)C(C(N)=O)C(=O)[C@@]2(O)C(=O)C3C(=O)c4c(O)ccc(C(=O)CNCc5cncn5C)c4C[C@H]3C[C@@H]12. The number of phenolic OH excluding ortho intramolecular Hbond substituents is 1. The van der Waals surface area contributed by atoms with E-state index < -0.39 is 70.1 Å². The summed E-state index contributed by atoms with van der Waals surface area (Å²) in [5.41, 5.74) is 3.64. The van der Waals surface area contributed by atoms with Crippen molar-refractivity contribution >= 4 is 34.8 Å². The van der Waals surface area contributed by atoms with Crippen molar-refractivity contribution in [3.05, 3.63) is 47.0 Å². The topological polar surface area (TPSA) is 202 Å². The molecule has 2 unspecified atom stereocenters. The monoisotopic (exact) mass is 565 g/mol. The zero-order chi connectivity index (χ0) is 30.0. The first-order chi connectivity index (χ1) is 19.3. The van der Waals surface area contributed by atoms with Gasteiger partial charge in [0.1, 0.15) is 5.75 Å². The molecule has 0 spiro atoms. The molecule has 3 aliphatic rings. The van der Waals surface area contributed by atoms with Crippen molar-refractivity contribution in [2.75, 3.05) is 20.6 Å². The van der Waals surface area contributed by atoms with E-state index in [2.05, 4.69) is 10.3 Å². The van der Waals surface area contributed by atoms with Crippen molar-refractivity contribution in [1.82, 2.24) is 19.8 Å². The van der Waals surface area contributed by atoms with Crippen molar-refractivity contribution < 1.29 is 39.0 Å². The largest absolute Gasteiger partial charge is 0.507 e. The fraction of sp³-hybridized carbons (Fsp3) is 0.464. The summed E-state index contributed by atoms with van der Waals surface area (Å²) < 4.78 is 1.80. The Morgan fingerprint density at radius 3 is 2.51 bits per heavy atom. The lowest BCUT2D eigenvalue weighted by Gasteiger charge is -2.52. The normalized spacial score (nSPS) is 29.2. The molecule has 2 fully saturated rings. The highest BCUT2D eigenvalue weighted by Gasteiger charge is 2.69. The second kappa shape index (κ2) is 10.1. The summed E-state index contributed by atoms with van der Waals surface area (Å²) in [6.45, 7) is 0.285. The van der Waals surface area contributed by atoms with Gasteiger partial charge in [-0.1, -0.05) is 0 Å². The Hall–Kier alpha value is -4.07. The maximum Gasteiger partial charge on any atom is 0.235 e. The minimum absolute atomic E-state index is 0.0169. The van der Waals surface area contributed by atoms with Crippen LogP contribution in [0.3, 0.4) is 0 Å². The van der Waals surface area contributed by atoms with Gasteiger partial charge in [0.2, 0.25) is 5.91 Å². The molecule has 13 heteroatoms. The quantitative estimate of drug-likeness (QED) is 0.226. The van der Waals surface area contributed by atoms with Crippen molar-refractivity contribution in [1.29, 1.82) is 0 Å². The molecule has 5 rings (SSSR count). The first kappa shape index (κ1) is 28.5. The molecule has 6 atom stereocenters. The number of nitrogens with one attached hydrogen (secondary N) is 1. The second-order valence-electron chi connectivity index (χ2n) is 11.3. The molecule has 0 bridgehead atoms. The number of benzene rings is 1. The van der Waals surface area contributed by atoms with Crippen molar-refractivity contribution in [2.45, 2.75) is 31.0 Å². The van der Waals surface area contributed by atoms with Gasteiger partial charge < -0.3 is 25.8 Å². The number of hydrogen-bond acceptors (Lipinski definition) is 11. The molecule has 5 N–H and O–H groups in total. The molecule has 0 saturated heterocycles. The molecule has 2 saturated carbocycles. The number of amides is 1. The van der Waals surface area contributed by atoms with E-state index in [9.17, 15) is 39.0 Å². The third-order valence-electron chi connectivity index (χ3n) is 8.75. The van der Waals surface area contributed by atoms with Crippen LogP contribution < -0.4 is 11.1 Å². The number of aromatic hydroxyl groups is 1. The number of nitrogens with zero attached hydrogens (tertiary/aromatic N) is 3. The molecule has 0 aliphatic heterocycles. The highest BCUT2D eigenvalue weighted by Crippen LogP contribution is 2.51. The predicted octanol–water partition coefficient (Wildman–Crippen LogP) is -1.43. The minimum Gasteiger partial charge on any atom is -0.507 e. The molecule has 13 nitrogen and oxygen atoms in total. The Balaban J connectivity index is 1.50. The number of phenols is 1. The highest BCUT2D eigenvalue weighted by atomic mass is 16.3. The molecule has 1 aromatic heterocycles. The van der Waals surface area contributed by atoms with Crippen LogP contribution in [0.2, 0.25) is 0 Å². The number of Topliss-reactive ketones (excluding diaryl/α,β-unsaturated/α-hetero) is 5. The smallest absolute Gasteiger partial charge is 0.235 e. The standard InChI is InChI=1S/C28H31N5O8/c1-32(2)22-16-7-12-6-15-14(18(35)10-30-8-13-9-31-11-33(13)3)4-5-17(34)20(15)23(36)19(12)25(38)28(16,41)26(39)21(24(22)37)27(29)40/h4-5,9,11-12,16,19,21-22,30,34,41H,6-8,10H2,1-3H3,(H2,29,40)/t12-,16-,19?,21?,22-,28-/m0/s1. The van der Waals surface area contributed by atoms with Gasteiger partial charge in [-0.15, -0.1) is 0 Å². The van der Waals surface area contributed by atoms with E-state index in [-0.39, 0.29) is 41.9 Å². The molecule has 3 aliphatic carbocycles. The molecule has 41 heavy (non-hydrogen) atoms. The van der Waals surface area contributed by atoms with Gasteiger partial charge in [-0.2, -0.15) is 0 Å². The predicted molar refractivity (Wildman–Crippen MR) is 141 cm³/mol. The number of ketones is 5. The number of carbonyl (C=O) groups excluding carboxylic acids is 6. The van der Waals surface area contributed by atoms with Crippen LogP contribution in [0.15, 0.2) is 24.7 Å². The number of likely N-dealkylation sites (N-methyl/N-ethyl adjacent to an activating group) is 1. The molecule has 2 aromatic rings. The van der Waals surface area contributed by atoms with Crippen LogP contribution in [0.25, 0.3) is 0 Å². The van der Waals surface area contributed by atoms with Crippen LogP contribution in [0.4, 0.5) is 0 Å². The summed E-state index contributed by atoms with van der Waals surface area (Å²) in [4.78, 5) is 84.9. The molecule has 1 aromatic carbocycles. The fourth-order valence-corrected chi connectivity index (χ4v) is 6.82. The number of primary amides is 1. The van der Waals surface area contributed by atoms with E-state index in [0.717, 1.165) is 5.69 Å². The van der Waals surface area contributed by atoms with E-state index in [1.807, 2.05) is 7.05 Å². The van der Waals surface area contributed by atoms with Crippen LogP contribution in [-0.4, -0.2) is 91.8 Å². The number of imidazole rings is 1. The van der Waals surface area contributed by atoms with Crippen molar-refractivity contribution in [2.24, 2.45) is 36.5 Å². The van der Waals surface area contributed by atoms with Crippen LogP contribution in [-0.2, 0) is 39.2 Å². The number of aromatic nitrogens is 2. The molecule has 1 amide bonds. The average Bonchev–Trinajstić information content (AvgIpc) is 3.30. The summed E-state index contributed by atoms with van der Waals surface area (Å²) in [7, 11) is 4.85. The molecular weight excluding hydrogens is 534 g/mol. The van der Waals surface area contributed by atoms with E-state index in [1.165, 1.54) is 31.1 Å². The van der Waals surface area contributed by atoms with Gasteiger partial charge in [-0.05, 0) is 50.6 Å². The average molecular weight is 566 g/mol. The Kier molecular flexibility index (Phi) is 7.00. The lowest BCUT2D eigenvalue weighted by Crippen LogP contribution is -2.74. The third-order valence-corrected chi connectivity index (χ3v) is 8.75. The summed E-state index contributed by atoms with van der Waals surface area (Å²) in [6, 6.07) is 1.43. The highest BCUT2D eigenvalue weighted by molar-refractivity contribution is 6.32. The molecule has 216 valence electrons. The number of nitrogens with two attached hydrogens (primary N) is 1. The number of hydrogen-bond donors (Lipinski definition) is 4. The van der Waals surface area contributed by atoms with E-state index in [1.54, 1.807) is 17.1 Å². The van der Waals surface area contributed by atoms with Crippen molar-refractivity contribution in [3.63, 3.8) is 0 Å². The maximum atomic E-state index is 13.9. The van der Waals surface area contributed by atoms with Gasteiger partial charge in [0.15, 0.2) is 40.4 Å². The lowest BCUT2D eigenvalue weighted by molar-refractivity contribution is -0.181. The summed E-state index contributed by atoms with van der Waals surface area (Å²) in [5, 5.41) is 25.3. The first-order valence-corrected chi connectivity index (χ1v) is 13.2. The Labute approximate surface area is 234 Å². The van der Waals surface area contributed by atoms with Crippen LogP contribution >= 0.6 is 0 Å².